The fourth-order valence-electron chi connectivity index (χ4n) is 3.83. The maximum absolute atomic E-state index is 15.2. The number of fused-ring (bicyclic) bond motifs is 1. The van der Waals surface area contributed by atoms with Gasteiger partial charge in [0.15, 0.2) is 5.65 Å². The van der Waals surface area contributed by atoms with E-state index in [9.17, 15) is 4.79 Å². The van der Waals surface area contributed by atoms with Crippen molar-refractivity contribution in [2.24, 2.45) is 0 Å². The van der Waals surface area contributed by atoms with Crippen LogP contribution in [0.15, 0.2) is 67.0 Å². The Balaban J connectivity index is 1.49. The molecule has 1 aliphatic rings. The first-order valence-electron chi connectivity index (χ1n) is 10.4. The maximum atomic E-state index is 15.2. The van der Waals surface area contributed by atoms with Crippen LogP contribution in [-0.2, 0) is 4.79 Å². The van der Waals surface area contributed by atoms with E-state index in [1.54, 1.807) is 35.0 Å². The van der Waals surface area contributed by atoms with Gasteiger partial charge >= 0.3 is 0 Å². The Morgan fingerprint density at radius 1 is 1.18 bits per heavy atom. The van der Waals surface area contributed by atoms with Crippen molar-refractivity contribution >= 4 is 22.8 Å². The SMILES string of the molecule is C=C(C#N)C(=O)N1CC(n2nc(-c3ccc(Oc4ccccc4)cc3F)c3c(N)ncnc32)C1. The van der Waals surface area contributed by atoms with Gasteiger partial charge in [-0.15, -0.1) is 0 Å². The van der Waals surface area contributed by atoms with Gasteiger partial charge in [-0.05, 0) is 24.3 Å². The highest BCUT2D eigenvalue weighted by molar-refractivity contribution is 5.99. The van der Waals surface area contributed by atoms with Gasteiger partial charge in [-0.25, -0.2) is 19.0 Å². The minimum Gasteiger partial charge on any atom is -0.457 e. The Morgan fingerprint density at radius 2 is 1.94 bits per heavy atom. The van der Waals surface area contributed by atoms with Crippen molar-refractivity contribution in [3.8, 4) is 28.8 Å². The summed E-state index contributed by atoms with van der Waals surface area (Å²) in [4.78, 5) is 22.0. The number of likely N-dealkylation sites (tertiary alicyclic amines) is 1. The van der Waals surface area contributed by atoms with E-state index in [0.717, 1.165) is 0 Å². The molecule has 1 amide bonds. The highest BCUT2D eigenvalue weighted by Crippen LogP contribution is 2.36. The molecule has 1 aliphatic heterocycles. The fraction of sp³-hybridized carbons (Fsp3) is 0.125. The molecule has 0 saturated carbocycles. The molecule has 0 atom stereocenters. The third kappa shape index (κ3) is 3.59. The molecule has 1 fully saturated rings. The normalized spacial score (nSPS) is 13.4. The molecular weight excluding hydrogens is 437 g/mol. The second-order valence-corrected chi connectivity index (χ2v) is 7.76. The van der Waals surface area contributed by atoms with E-state index in [0.29, 0.717) is 41.3 Å². The van der Waals surface area contributed by atoms with Crippen LogP contribution in [0.4, 0.5) is 10.2 Å². The second kappa shape index (κ2) is 8.29. The molecule has 0 bridgehead atoms. The molecule has 9 nitrogen and oxygen atoms in total. The van der Waals surface area contributed by atoms with Crippen molar-refractivity contribution in [2.45, 2.75) is 6.04 Å². The zero-order chi connectivity index (χ0) is 23.8. The van der Waals surface area contributed by atoms with Gasteiger partial charge in [0, 0.05) is 24.7 Å². The lowest BCUT2D eigenvalue weighted by Gasteiger charge is -2.38. The number of hydrogen-bond donors (Lipinski definition) is 1. The number of ether oxygens (including phenoxy) is 1. The number of aromatic nitrogens is 4. The van der Waals surface area contributed by atoms with Crippen LogP contribution in [0.3, 0.4) is 0 Å². The van der Waals surface area contributed by atoms with Gasteiger partial charge in [0.25, 0.3) is 5.91 Å². The zero-order valence-electron chi connectivity index (χ0n) is 17.8. The number of nitrogen functional groups attached to an aromatic ring is 1. The van der Waals surface area contributed by atoms with E-state index in [1.807, 2.05) is 18.2 Å². The van der Waals surface area contributed by atoms with Crippen molar-refractivity contribution in [2.75, 3.05) is 18.8 Å². The molecule has 34 heavy (non-hydrogen) atoms. The smallest absolute Gasteiger partial charge is 0.264 e. The van der Waals surface area contributed by atoms with Crippen molar-refractivity contribution in [1.29, 1.82) is 5.26 Å². The van der Waals surface area contributed by atoms with Crippen molar-refractivity contribution < 1.29 is 13.9 Å². The van der Waals surface area contributed by atoms with Gasteiger partial charge in [-0.3, -0.25) is 4.79 Å². The third-order valence-corrected chi connectivity index (χ3v) is 5.58. The molecule has 4 aromatic rings. The molecule has 2 N–H and O–H groups in total. The second-order valence-electron chi connectivity index (χ2n) is 7.76. The van der Waals surface area contributed by atoms with Gasteiger partial charge < -0.3 is 15.4 Å². The van der Waals surface area contributed by atoms with Gasteiger partial charge in [0.1, 0.15) is 46.8 Å². The molecule has 3 heterocycles. The molecule has 2 aromatic heterocycles. The summed E-state index contributed by atoms with van der Waals surface area (Å²) >= 11 is 0. The fourth-order valence-corrected chi connectivity index (χ4v) is 3.83. The maximum Gasteiger partial charge on any atom is 0.264 e. The molecule has 2 aromatic carbocycles. The largest absolute Gasteiger partial charge is 0.457 e. The predicted octanol–water partition coefficient (Wildman–Crippen LogP) is 3.47. The highest BCUT2D eigenvalue weighted by Gasteiger charge is 2.35. The molecule has 0 spiro atoms. The average Bonchev–Trinajstić information content (AvgIpc) is 3.18. The molecule has 10 heteroatoms. The Labute approximate surface area is 193 Å². The number of anilines is 1. The van der Waals surface area contributed by atoms with Crippen LogP contribution in [0.1, 0.15) is 6.04 Å². The molecule has 0 unspecified atom stereocenters. The summed E-state index contributed by atoms with van der Waals surface area (Å²) < 4.78 is 22.5. The number of carbonyl (C=O) groups excluding carboxylic acids is 1. The lowest BCUT2D eigenvalue weighted by molar-refractivity contribution is -0.132. The zero-order valence-corrected chi connectivity index (χ0v) is 17.8. The summed E-state index contributed by atoms with van der Waals surface area (Å²) in [6.45, 7) is 4.08. The summed E-state index contributed by atoms with van der Waals surface area (Å²) in [6.07, 6.45) is 1.31. The number of rotatable bonds is 5. The Bertz CT molecular complexity index is 1470. The number of nitrogens with two attached hydrogens (primary N) is 1. The van der Waals surface area contributed by atoms with E-state index in [4.69, 9.17) is 15.7 Å². The minimum atomic E-state index is -0.543. The van der Waals surface area contributed by atoms with E-state index in [1.165, 1.54) is 17.3 Å². The Kier molecular flexibility index (Phi) is 5.14. The highest BCUT2D eigenvalue weighted by atomic mass is 19.1. The Hall–Kier alpha value is -4.78. The van der Waals surface area contributed by atoms with Gasteiger partial charge in [0.2, 0.25) is 0 Å². The first kappa shape index (κ1) is 21.1. The van der Waals surface area contributed by atoms with Crippen molar-refractivity contribution in [1.82, 2.24) is 24.6 Å². The van der Waals surface area contributed by atoms with Gasteiger partial charge in [-0.1, -0.05) is 24.8 Å². The first-order chi connectivity index (χ1) is 16.5. The quantitative estimate of drug-likeness (QED) is 0.361. The van der Waals surface area contributed by atoms with Crippen LogP contribution in [0.2, 0.25) is 0 Å². The summed E-state index contributed by atoms with van der Waals surface area (Å²) in [7, 11) is 0. The summed E-state index contributed by atoms with van der Waals surface area (Å²) in [5.41, 5.74) is 6.94. The topological polar surface area (TPSA) is 123 Å². The summed E-state index contributed by atoms with van der Waals surface area (Å²) in [6, 6.07) is 15.1. The predicted molar refractivity (Wildman–Crippen MR) is 122 cm³/mol. The van der Waals surface area contributed by atoms with Crippen molar-refractivity contribution in [3.05, 3.63) is 72.8 Å². The van der Waals surface area contributed by atoms with E-state index < -0.39 is 11.7 Å². The number of para-hydroxylation sites is 1. The van der Waals surface area contributed by atoms with E-state index >= 15 is 4.39 Å². The van der Waals surface area contributed by atoms with Crippen LogP contribution in [0.5, 0.6) is 11.5 Å². The molecule has 168 valence electrons. The monoisotopic (exact) mass is 455 g/mol. The van der Waals surface area contributed by atoms with Crippen LogP contribution >= 0.6 is 0 Å². The molecular formula is C24H18FN7O2. The third-order valence-electron chi connectivity index (χ3n) is 5.58. The molecule has 0 radical (unpaired) electrons. The minimum absolute atomic E-state index is 0.129. The van der Waals surface area contributed by atoms with Crippen LogP contribution < -0.4 is 10.5 Å². The molecule has 5 rings (SSSR count). The van der Waals surface area contributed by atoms with Gasteiger partial charge in [-0.2, -0.15) is 10.4 Å². The number of hydrogen-bond acceptors (Lipinski definition) is 7. The lowest BCUT2D eigenvalue weighted by atomic mass is 10.1. The number of amides is 1. The van der Waals surface area contributed by atoms with Crippen LogP contribution in [-0.4, -0.2) is 43.6 Å². The van der Waals surface area contributed by atoms with Crippen LogP contribution in [0, 0.1) is 17.1 Å². The standard InChI is InChI=1S/C24H18FN7O2/c1-14(10-26)24(33)31-11-15(12-31)32-23-20(22(27)28-13-29-23)21(30-32)18-8-7-17(9-19(18)25)34-16-5-3-2-4-6-16/h2-9,13,15H,1,11-12H2,(H2,27,28,29). The van der Waals surface area contributed by atoms with Crippen LogP contribution in [0.25, 0.3) is 22.3 Å². The van der Waals surface area contributed by atoms with E-state index in [2.05, 4.69) is 21.6 Å². The average molecular weight is 455 g/mol. The number of halogens is 1. The summed E-state index contributed by atoms with van der Waals surface area (Å²) in [5.74, 6) is 0.125. The molecule has 0 aliphatic carbocycles. The first-order valence-corrected chi connectivity index (χ1v) is 10.4. The van der Waals surface area contributed by atoms with Crippen molar-refractivity contribution in [3.63, 3.8) is 0 Å². The number of nitriles is 1. The number of carbonyl (C=O) groups is 1. The lowest BCUT2D eigenvalue weighted by Crippen LogP contribution is -2.51. The van der Waals surface area contributed by atoms with E-state index in [-0.39, 0.29) is 23.0 Å². The number of nitrogens with zero attached hydrogens (tertiary/aromatic N) is 6. The molecule has 1 saturated heterocycles. The number of benzene rings is 2. The Morgan fingerprint density at radius 3 is 2.65 bits per heavy atom. The summed E-state index contributed by atoms with van der Waals surface area (Å²) in [5, 5.41) is 13.9. The van der Waals surface area contributed by atoms with Gasteiger partial charge in [0.05, 0.1) is 11.4 Å².